The first-order chi connectivity index (χ1) is 48.8. The molecule has 550 valence electrons. The maximum Gasteiger partial charge on any atom is 0.397 e. The lowest BCUT2D eigenvalue weighted by Crippen LogP contribution is -2.27. The van der Waals surface area contributed by atoms with E-state index in [1.807, 2.05) is 0 Å². The highest BCUT2D eigenvalue weighted by molar-refractivity contribution is 7.95. The molecular weight excluding hydrogens is 1610 g/mol. The lowest BCUT2D eigenvalue weighted by Gasteiger charge is -2.17. The summed E-state index contributed by atoms with van der Waals surface area (Å²) < 4.78 is 181. The van der Waals surface area contributed by atoms with Crippen molar-refractivity contribution in [2.24, 2.45) is 20.5 Å². The van der Waals surface area contributed by atoms with Gasteiger partial charge in [0.2, 0.25) is 28.4 Å². The Morgan fingerprint density at radius 1 is 0.563 bits per heavy atom. The number of benzene rings is 7. The number of fused-ring (bicyclic) bond motifs is 3. The van der Waals surface area contributed by atoms with E-state index in [-0.39, 0.29) is 146 Å². The van der Waals surface area contributed by atoms with Crippen molar-refractivity contribution in [3.8, 4) is 11.5 Å². The van der Waals surface area contributed by atoms with Crippen LogP contribution in [0.5, 0.6) is 11.5 Å². The van der Waals surface area contributed by atoms with Gasteiger partial charge in [-0.15, -0.1) is 32.7 Å². The highest BCUT2D eigenvalue weighted by atomic mass is 35.5. The quantitative estimate of drug-likeness (QED) is 0.00433. The first kappa shape index (κ1) is 79.7. The minimum Gasteiger partial charge on any atom is -0.505 e. The normalized spacial score (nSPS) is 12.9. The number of hydrogen-bond donors (Lipinski definition) is 12. The molecule has 53 heteroatoms. The lowest BCUT2D eigenvalue weighted by atomic mass is 10.00. The van der Waals surface area contributed by atoms with Crippen LogP contribution in [0.2, 0.25) is 10.6 Å². The molecule has 9 aromatic rings. The van der Waals surface area contributed by atoms with Gasteiger partial charge in [0.05, 0.1) is 96.7 Å². The third-order valence-corrected chi connectivity index (χ3v) is 21.4. The molecule has 2 heterocycles. The fraction of sp³-hybridized carbons (Fsp3) is 0.160. The highest BCUT2D eigenvalue weighted by Gasteiger charge is 2.28. The van der Waals surface area contributed by atoms with Gasteiger partial charge in [0.1, 0.15) is 27.8 Å². The van der Waals surface area contributed by atoms with Crippen molar-refractivity contribution < 1.29 is 133 Å². The van der Waals surface area contributed by atoms with Crippen molar-refractivity contribution in [3.05, 3.63) is 113 Å². The zero-order valence-electron chi connectivity index (χ0n) is 50.6. The first-order valence-corrected chi connectivity index (χ1v) is 38.5. The van der Waals surface area contributed by atoms with Crippen molar-refractivity contribution in [2.45, 2.75) is 53.7 Å². The molecule has 0 saturated carbocycles. The summed E-state index contributed by atoms with van der Waals surface area (Å²) >= 11 is 14.0. The highest BCUT2D eigenvalue weighted by Crippen LogP contribution is 2.49. The summed E-state index contributed by atoms with van der Waals surface area (Å²) in [6, 6.07) is 16.8. The van der Waals surface area contributed by atoms with E-state index in [9.17, 15) is 61.4 Å². The fourth-order valence-corrected chi connectivity index (χ4v) is 15.1. The van der Waals surface area contributed by atoms with Crippen molar-refractivity contribution >= 4 is 201 Å². The number of halogens is 2. The Bertz CT molecular complexity index is 5350. The molecule has 103 heavy (non-hydrogen) atoms. The molecule has 0 amide bonds. The largest absolute Gasteiger partial charge is 0.505 e. The van der Waals surface area contributed by atoms with E-state index in [0.29, 0.717) is 24.1 Å². The van der Waals surface area contributed by atoms with Crippen LogP contribution in [0.3, 0.4) is 0 Å². The lowest BCUT2D eigenvalue weighted by molar-refractivity contribution is -0.434. The maximum atomic E-state index is 13.1. The Balaban J connectivity index is 0.975. The van der Waals surface area contributed by atoms with E-state index >= 15 is 0 Å². The van der Waals surface area contributed by atoms with Gasteiger partial charge in [-0.3, -0.25) is 17.8 Å². The minimum atomic E-state index is -5.23. The summed E-state index contributed by atoms with van der Waals surface area (Å²) in [5.74, 6) is -3.96. The van der Waals surface area contributed by atoms with Gasteiger partial charge in [-0.2, -0.15) is 55.3 Å². The van der Waals surface area contributed by atoms with E-state index in [2.05, 4.69) is 104 Å². The molecule has 0 fully saturated rings. The minimum absolute atomic E-state index is 0.0497. The van der Waals surface area contributed by atoms with Crippen molar-refractivity contribution in [1.82, 2.24) is 29.9 Å². The van der Waals surface area contributed by atoms with Crippen LogP contribution in [0.1, 0.15) is 18.3 Å². The van der Waals surface area contributed by atoms with Gasteiger partial charge in [-0.1, -0.05) is 32.3 Å². The second-order valence-electron chi connectivity index (χ2n) is 20.0. The smallest absolute Gasteiger partial charge is 0.397 e. The van der Waals surface area contributed by atoms with Crippen LogP contribution in [0.4, 0.5) is 46.3 Å². The SMILES string of the molecule is CC(CNc1nc(Cl)nc(Cc2cc(SOOO)cc3cc(S(=O)(=O)O)c(/N=N/c4ccc(S(=O)(=O)CCOS(=O)(=O)O)cc4)c(O)c23)n1)Nc1nc(Cl)nc(Nc2cc(S(=O)(=O)O)cc3cc(SOOO)c(/N=N/c4ccc5cc(S(=O)(=O)CCOSOOO)ccc5c4SOOO)c(O)c23)n1. The van der Waals surface area contributed by atoms with Gasteiger partial charge < -0.3 is 26.2 Å². The van der Waals surface area contributed by atoms with Gasteiger partial charge >= 0.3 is 10.4 Å². The molecule has 9 rings (SSSR count). The topological polar surface area (TPSA) is 608 Å². The number of azo groups is 2. The third kappa shape index (κ3) is 21.2. The molecule has 12 N–H and O–H groups in total. The average Bonchev–Trinajstić information content (AvgIpc) is 0.762. The molecule has 0 radical (unpaired) electrons. The van der Waals surface area contributed by atoms with E-state index in [1.165, 1.54) is 48.5 Å². The molecule has 0 saturated heterocycles. The Kier molecular flexibility index (Phi) is 26.8. The fourth-order valence-electron chi connectivity index (χ4n) is 9.13. The molecule has 0 aliphatic heterocycles. The number of phenols is 2. The van der Waals surface area contributed by atoms with Crippen LogP contribution in [0.15, 0.2) is 146 Å². The Hall–Kier alpha value is -7.41. The summed E-state index contributed by atoms with van der Waals surface area (Å²) in [5, 5.41) is 98.2. The number of aromatic hydroxyl groups is 2. The molecular formula is C50H43Cl2N13O29S9. The molecule has 42 nitrogen and oxygen atoms in total. The van der Waals surface area contributed by atoms with Crippen LogP contribution >= 0.6 is 71.7 Å². The molecule has 0 bridgehead atoms. The van der Waals surface area contributed by atoms with Crippen LogP contribution < -0.4 is 16.0 Å². The number of sulfone groups is 2. The average molecular weight is 1650 g/mol. The molecule has 1 atom stereocenters. The molecule has 0 aliphatic carbocycles. The summed E-state index contributed by atoms with van der Waals surface area (Å²) in [6.45, 7) is 0.230. The Labute approximate surface area is 604 Å². The number of hydrogen-bond acceptors (Lipinski definition) is 43. The first-order valence-electron chi connectivity index (χ1n) is 27.3. The van der Waals surface area contributed by atoms with Gasteiger partial charge in [0, 0.05) is 40.1 Å². The van der Waals surface area contributed by atoms with Crippen molar-refractivity contribution in [3.63, 3.8) is 0 Å². The second-order valence-corrected chi connectivity index (χ2v) is 31.5. The number of nitrogens with zero attached hydrogens (tertiary/aromatic N) is 10. The van der Waals surface area contributed by atoms with E-state index in [1.54, 1.807) is 6.92 Å². The predicted molar refractivity (Wildman–Crippen MR) is 359 cm³/mol. The van der Waals surface area contributed by atoms with Crippen molar-refractivity contribution in [2.75, 3.05) is 47.2 Å². The maximum absolute atomic E-state index is 13.1. The molecule has 0 aliphatic rings. The Morgan fingerprint density at radius 2 is 1.18 bits per heavy atom. The van der Waals surface area contributed by atoms with Gasteiger partial charge in [-0.05, 0) is 131 Å². The summed E-state index contributed by atoms with van der Waals surface area (Å²) in [6.07, 6.45) is -0.362. The summed E-state index contributed by atoms with van der Waals surface area (Å²) in [5.41, 5.74) is -1.71. The molecule has 2 aromatic heterocycles. The van der Waals surface area contributed by atoms with Gasteiger partial charge in [0.15, 0.2) is 43.5 Å². The number of anilines is 4. The Morgan fingerprint density at radius 3 is 1.88 bits per heavy atom. The van der Waals surface area contributed by atoms with Gasteiger partial charge in [-0.25, -0.2) is 47.0 Å². The van der Waals surface area contributed by atoms with Crippen molar-refractivity contribution in [1.29, 1.82) is 0 Å². The van der Waals surface area contributed by atoms with E-state index in [0.717, 1.165) is 42.5 Å². The number of aromatic nitrogens is 6. The van der Waals surface area contributed by atoms with Crippen LogP contribution in [0, 0.1) is 0 Å². The standard InChI is InChI=1S/C50H43Cl2N13O29S9/c1-23(22-53-48-57-38(56-46(51)58-48)20-26-15-29(95-91-87-68)14-25-19-37(102(79,80)81)42(43(66)39(25)26)65-62-28-3-5-30(6-4-28)99(72,73)13-11-86-103(82,83)84)54-49-59-47(52)60-50(61-49)55-35-21-32(101(76,77)78)17-27-18-36(96-92-88-69)41(44(67)40(27)35)64-63-34-9-2-24-16-31(7-8-33(24)45(34)97-93-89-70)100(74,75)12-10-85-98-94-90-71/h2-9,14-19,21,23,66-71H,10-13,20,22H2,1H3,(H,76,77,78)(H,79,80,81)(H,82,83,84)(H,53,56,57,58)(H2,54,55,59,60,61)/b64-63+,65-62+. The number of nitrogens with one attached hydrogen (secondary N) is 3. The zero-order chi connectivity index (χ0) is 74.6. The predicted octanol–water partition coefficient (Wildman–Crippen LogP) is 10.5. The van der Waals surface area contributed by atoms with E-state index in [4.69, 9.17) is 57.3 Å². The third-order valence-electron chi connectivity index (χ3n) is 13.3. The zero-order valence-corrected chi connectivity index (χ0v) is 59.4. The molecule has 7 aromatic carbocycles. The van der Waals surface area contributed by atoms with Gasteiger partial charge in [0.25, 0.3) is 20.2 Å². The number of rotatable bonds is 36. The number of phenolic OH excluding ortho intramolecular Hbond substituents is 2. The molecule has 1 unspecified atom stereocenters. The summed E-state index contributed by atoms with van der Waals surface area (Å²) in [4.78, 5) is 23.0. The van der Waals surface area contributed by atoms with Crippen LogP contribution in [-0.4, -0.2) is 154 Å². The second kappa shape index (κ2) is 34.7. The van der Waals surface area contributed by atoms with E-state index < -0.39 is 118 Å². The summed E-state index contributed by atoms with van der Waals surface area (Å²) in [7, 11) is -23.4. The van der Waals surface area contributed by atoms with Crippen LogP contribution in [0.25, 0.3) is 32.3 Å². The molecule has 0 spiro atoms. The van der Waals surface area contributed by atoms with Crippen LogP contribution in [-0.2, 0) is 103 Å². The monoisotopic (exact) mass is 1650 g/mol.